The molecule has 31 heavy (non-hydrogen) atoms. The molecule has 4 rings (SSSR count). The molecule has 0 unspecified atom stereocenters. The summed E-state index contributed by atoms with van der Waals surface area (Å²) >= 11 is 0. The first kappa shape index (κ1) is 24.6. The minimum Gasteiger partial charge on any atom is -0.744 e. The van der Waals surface area contributed by atoms with E-state index in [1.165, 1.54) is 24.3 Å². The molecular weight excluding hydrogens is 492 g/mol. The molecular formula is C20H16CuN2O6S2. The van der Waals surface area contributed by atoms with Gasteiger partial charge in [-0.2, -0.15) is 0 Å². The maximum atomic E-state index is 11.0. The molecule has 0 aliphatic rings. The van der Waals surface area contributed by atoms with Gasteiger partial charge in [-0.1, -0.05) is 48.5 Å². The number of nitrogen functional groups attached to an aromatic ring is 2. The van der Waals surface area contributed by atoms with Crippen molar-refractivity contribution in [2.45, 2.75) is 9.79 Å². The molecule has 1 radical (unpaired) electrons. The van der Waals surface area contributed by atoms with Crippen LogP contribution in [-0.2, 0) is 37.3 Å². The summed E-state index contributed by atoms with van der Waals surface area (Å²) in [6, 6.07) is 18.6. The number of fused-ring (bicyclic) bond motifs is 2. The summed E-state index contributed by atoms with van der Waals surface area (Å²) in [6.07, 6.45) is 0. The zero-order valence-electron chi connectivity index (χ0n) is 15.7. The molecule has 0 spiro atoms. The summed E-state index contributed by atoms with van der Waals surface area (Å²) in [5.41, 5.74) is 12.3. The number of hydrogen-bond acceptors (Lipinski definition) is 8. The first-order chi connectivity index (χ1) is 14.0. The molecule has 0 heterocycles. The average Bonchev–Trinajstić information content (AvgIpc) is 2.67. The molecule has 0 saturated carbocycles. The molecule has 0 aliphatic heterocycles. The Kier molecular flexibility index (Phi) is 7.32. The minimum absolute atomic E-state index is 0. The molecule has 8 nitrogen and oxygen atoms in total. The van der Waals surface area contributed by atoms with Gasteiger partial charge in [0, 0.05) is 32.9 Å². The molecule has 0 amide bonds. The van der Waals surface area contributed by atoms with Crippen LogP contribution in [0, 0.1) is 0 Å². The summed E-state index contributed by atoms with van der Waals surface area (Å²) in [5, 5.41) is 1.89. The average molecular weight is 508 g/mol. The van der Waals surface area contributed by atoms with E-state index in [-0.39, 0.29) is 26.9 Å². The molecule has 0 atom stereocenters. The summed E-state index contributed by atoms with van der Waals surface area (Å²) in [7, 11) is -8.90. The zero-order chi connectivity index (χ0) is 22.1. The van der Waals surface area contributed by atoms with Crippen molar-refractivity contribution in [2.24, 2.45) is 0 Å². The monoisotopic (exact) mass is 507 g/mol. The van der Waals surface area contributed by atoms with E-state index >= 15 is 0 Å². The first-order valence-electron chi connectivity index (χ1n) is 8.46. The van der Waals surface area contributed by atoms with E-state index < -0.39 is 20.2 Å². The molecule has 11 heteroatoms. The van der Waals surface area contributed by atoms with Gasteiger partial charge in [-0.25, -0.2) is 16.8 Å². The van der Waals surface area contributed by atoms with E-state index in [0.29, 0.717) is 32.9 Å². The van der Waals surface area contributed by atoms with Crippen molar-refractivity contribution in [1.82, 2.24) is 0 Å². The quantitative estimate of drug-likeness (QED) is 0.237. The topological polar surface area (TPSA) is 166 Å². The number of rotatable bonds is 2. The van der Waals surface area contributed by atoms with Gasteiger partial charge in [0.15, 0.2) is 0 Å². The van der Waals surface area contributed by atoms with Gasteiger partial charge in [0.05, 0.1) is 9.79 Å². The normalized spacial score (nSPS) is 11.4. The minimum atomic E-state index is -4.45. The second kappa shape index (κ2) is 9.23. The largest absolute Gasteiger partial charge is 2.00 e. The maximum Gasteiger partial charge on any atom is 2.00 e. The van der Waals surface area contributed by atoms with Crippen molar-refractivity contribution in [3.8, 4) is 0 Å². The number of benzene rings is 4. The molecule has 0 bridgehead atoms. The Morgan fingerprint density at radius 1 is 0.516 bits per heavy atom. The van der Waals surface area contributed by atoms with Crippen LogP contribution in [0.2, 0.25) is 0 Å². The molecule has 0 aromatic heterocycles. The Labute approximate surface area is 189 Å². The Morgan fingerprint density at radius 2 is 0.806 bits per heavy atom. The van der Waals surface area contributed by atoms with Crippen molar-refractivity contribution in [3.05, 3.63) is 72.8 Å². The van der Waals surface area contributed by atoms with Gasteiger partial charge in [0.2, 0.25) is 0 Å². The van der Waals surface area contributed by atoms with Crippen molar-refractivity contribution in [3.63, 3.8) is 0 Å². The van der Waals surface area contributed by atoms with Crippen molar-refractivity contribution < 1.29 is 43.0 Å². The van der Waals surface area contributed by atoms with Crippen LogP contribution in [-0.4, -0.2) is 25.9 Å². The van der Waals surface area contributed by atoms with Gasteiger partial charge in [-0.05, 0) is 24.3 Å². The summed E-state index contributed by atoms with van der Waals surface area (Å²) < 4.78 is 65.8. The predicted octanol–water partition coefficient (Wildman–Crippen LogP) is 2.65. The van der Waals surface area contributed by atoms with Crippen molar-refractivity contribution in [1.29, 1.82) is 0 Å². The maximum absolute atomic E-state index is 11.0. The van der Waals surface area contributed by atoms with Crippen molar-refractivity contribution >= 4 is 53.2 Å². The zero-order valence-corrected chi connectivity index (χ0v) is 18.2. The van der Waals surface area contributed by atoms with Crippen LogP contribution in [0.1, 0.15) is 0 Å². The van der Waals surface area contributed by atoms with E-state index in [1.54, 1.807) is 48.5 Å². The van der Waals surface area contributed by atoms with E-state index in [9.17, 15) is 25.9 Å². The first-order valence-corrected chi connectivity index (χ1v) is 11.3. The molecule has 0 fully saturated rings. The number of anilines is 2. The molecule has 4 aromatic rings. The third kappa shape index (κ3) is 5.34. The van der Waals surface area contributed by atoms with Crippen LogP contribution in [0.3, 0.4) is 0 Å². The summed E-state index contributed by atoms with van der Waals surface area (Å²) in [5.74, 6) is 0. The molecule has 0 saturated heterocycles. The van der Waals surface area contributed by atoms with Gasteiger partial charge >= 0.3 is 17.1 Å². The second-order valence-electron chi connectivity index (χ2n) is 6.31. The fourth-order valence-electron chi connectivity index (χ4n) is 3.03. The Bertz CT molecular complexity index is 1360. The molecule has 0 aliphatic carbocycles. The summed E-state index contributed by atoms with van der Waals surface area (Å²) in [6.45, 7) is 0. The molecule has 4 aromatic carbocycles. The van der Waals surface area contributed by atoms with E-state index in [0.717, 1.165) is 0 Å². The van der Waals surface area contributed by atoms with E-state index in [1.807, 2.05) is 0 Å². The van der Waals surface area contributed by atoms with Gasteiger partial charge in [-0.15, -0.1) is 0 Å². The van der Waals surface area contributed by atoms with Crippen LogP contribution in [0.15, 0.2) is 82.6 Å². The third-order valence-corrected chi connectivity index (χ3v) is 6.16. The van der Waals surface area contributed by atoms with Crippen LogP contribution in [0.25, 0.3) is 21.5 Å². The standard InChI is InChI=1S/2C10H9NO3S.Cu/c2*11-9-5-6-10(15(12,13)14)8-4-2-1-3-7(8)9;/h2*1-6H,11H2,(H,12,13,14);/q;;+2/p-2. The van der Waals surface area contributed by atoms with E-state index in [4.69, 9.17) is 11.5 Å². The van der Waals surface area contributed by atoms with Gasteiger partial charge in [-0.3, -0.25) is 0 Å². The predicted molar refractivity (Wildman–Crippen MR) is 113 cm³/mol. The molecule has 4 N–H and O–H groups in total. The summed E-state index contributed by atoms with van der Waals surface area (Å²) in [4.78, 5) is -0.459. The van der Waals surface area contributed by atoms with Crippen LogP contribution in [0.4, 0.5) is 11.4 Å². The fraction of sp³-hybridized carbons (Fsp3) is 0. The Balaban J connectivity index is 0.000000213. The number of hydrogen-bond donors (Lipinski definition) is 2. The van der Waals surface area contributed by atoms with Crippen molar-refractivity contribution in [2.75, 3.05) is 11.5 Å². The van der Waals surface area contributed by atoms with Gasteiger partial charge in [0.25, 0.3) is 0 Å². The fourth-order valence-corrected chi connectivity index (χ4v) is 4.39. The van der Waals surface area contributed by atoms with Gasteiger partial charge in [0.1, 0.15) is 20.2 Å². The Hall–Kier alpha value is -2.66. The molecule has 165 valence electrons. The van der Waals surface area contributed by atoms with Crippen LogP contribution < -0.4 is 11.5 Å². The third-order valence-electron chi connectivity index (χ3n) is 4.37. The smallest absolute Gasteiger partial charge is 0.744 e. The van der Waals surface area contributed by atoms with E-state index in [2.05, 4.69) is 0 Å². The van der Waals surface area contributed by atoms with Crippen LogP contribution in [0.5, 0.6) is 0 Å². The Morgan fingerprint density at radius 3 is 1.10 bits per heavy atom. The number of nitrogens with two attached hydrogens (primary N) is 2. The van der Waals surface area contributed by atoms with Crippen LogP contribution >= 0.6 is 0 Å². The second-order valence-corrected chi connectivity index (χ2v) is 9.00. The SMILES string of the molecule is Nc1ccc(S(=O)(=O)[O-])c2ccccc12.Nc1ccc(S(=O)(=O)[O-])c2ccccc12.[Cu+2]. The van der Waals surface area contributed by atoms with Gasteiger partial charge < -0.3 is 20.6 Å².